The molecule has 0 saturated heterocycles. The zero-order valence-electron chi connectivity index (χ0n) is 18.6. The van der Waals surface area contributed by atoms with Crippen molar-refractivity contribution < 1.29 is 23.5 Å². The van der Waals surface area contributed by atoms with Gasteiger partial charge in [0.05, 0.1) is 13.5 Å². The number of nitrogens with zero attached hydrogens (tertiary/aromatic N) is 1. The molecule has 0 aliphatic carbocycles. The minimum atomic E-state index is 0.297. The second-order valence-corrected chi connectivity index (χ2v) is 8.08. The fourth-order valence-electron chi connectivity index (χ4n) is 4.45. The van der Waals surface area contributed by atoms with E-state index < -0.39 is 0 Å². The lowest BCUT2D eigenvalue weighted by Gasteiger charge is -2.19. The van der Waals surface area contributed by atoms with Crippen molar-refractivity contribution in [3.05, 3.63) is 82.9 Å². The Morgan fingerprint density at radius 1 is 0.906 bits per heavy atom. The molecular weight excluding hydrogens is 402 g/mol. The third-order valence-corrected chi connectivity index (χ3v) is 6.16. The summed E-state index contributed by atoms with van der Waals surface area (Å²) in [6.45, 7) is 4.99. The highest BCUT2D eigenvalue weighted by molar-refractivity contribution is 6.01. The van der Waals surface area contributed by atoms with Gasteiger partial charge in [-0.2, -0.15) is 0 Å². The maximum Gasteiger partial charge on any atom is 0.231 e. The van der Waals surface area contributed by atoms with Gasteiger partial charge in [-0.05, 0) is 47.9 Å². The van der Waals surface area contributed by atoms with E-state index in [1.54, 1.807) is 7.11 Å². The molecule has 164 valence electrons. The summed E-state index contributed by atoms with van der Waals surface area (Å²) in [6, 6.07) is 20.7. The molecule has 2 aliphatic rings. The van der Waals surface area contributed by atoms with Gasteiger partial charge in [-0.25, -0.2) is 4.58 Å². The average Bonchev–Trinajstić information content (AvgIpc) is 3.30. The van der Waals surface area contributed by atoms with E-state index in [0.29, 0.717) is 13.4 Å². The van der Waals surface area contributed by atoms with Crippen LogP contribution < -0.4 is 18.9 Å². The standard InChI is InChI=1S/C27H28NO4/c1-3-28-12-11-21-15-26-27(32-18-31-26)16-22(21)23(28)13-20-9-10-24(29-2)25(14-20)30-17-19-7-5-4-6-8-19/h4-10,14-16H,3,11-13,17-18H2,1-2H3/q+1. The number of methoxy groups -OCH3 is 1. The molecule has 0 radical (unpaired) electrons. The summed E-state index contributed by atoms with van der Waals surface area (Å²) in [5.74, 6) is 3.20. The van der Waals surface area contributed by atoms with Crippen molar-refractivity contribution in [1.82, 2.24) is 0 Å². The fourth-order valence-corrected chi connectivity index (χ4v) is 4.45. The van der Waals surface area contributed by atoms with Crippen LogP contribution in [0.15, 0.2) is 60.7 Å². The van der Waals surface area contributed by atoms with Crippen molar-refractivity contribution in [3.63, 3.8) is 0 Å². The molecule has 0 amide bonds. The van der Waals surface area contributed by atoms with Crippen LogP contribution in [0.4, 0.5) is 0 Å². The Balaban J connectivity index is 1.44. The Kier molecular flexibility index (Phi) is 5.71. The number of fused-ring (bicyclic) bond motifs is 2. The molecule has 32 heavy (non-hydrogen) atoms. The number of ether oxygens (including phenoxy) is 4. The molecule has 2 aliphatic heterocycles. The number of hydrogen-bond donors (Lipinski definition) is 0. The van der Waals surface area contributed by atoms with E-state index in [9.17, 15) is 0 Å². The van der Waals surface area contributed by atoms with E-state index in [1.807, 2.05) is 24.3 Å². The highest BCUT2D eigenvalue weighted by atomic mass is 16.7. The number of rotatable bonds is 7. The maximum absolute atomic E-state index is 6.14. The van der Waals surface area contributed by atoms with Crippen LogP contribution in [0.5, 0.6) is 23.0 Å². The van der Waals surface area contributed by atoms with Gasteiger partial charge in [-0.15, -0.1) is 0 Å². The first kappa shape index (κ1) is 20.4. The van der Waals surface area contributed by atoms with Gasteiger partial charge in [0.25, 0.3) is 0 Å². The molecular formula is C27H28NO4+. The molecule has 5 nitrogen and oxygen atoms in total. The van der Waals surface area contributed by atoms with E-state index in [0.717, 1.165) is 54.5 Å². The summed E-state index contributed by atoms with van der Waals surface area (Å²) in [5.41, 5.74) is 6.20. The van der Waals surface area contributed by atoms with E-state index in [1.165, 1.54) is 22.4 Å². The first-order valence-corrected chi connectivity index (χ1v) is 11.1. The zero-order valence-corrected chi connectivity index (χ0v) is 18.6. The number of likely N-dealkylation sites (N-methyl/N-ethyl adjacent to an activating group) is 1. The molecule has 0 N–H and O–H groups in total. The molecule has 3 aromatic rings. The Morgan fingerprint density at radius 3 is 2.50 bits per heavy atom. The van der Waals surface area contributed by atoms with Crippen LogP contribution in [-0.2, 0) is 19.4 Å². The van der Waals surface area contributed by atoms with Crippen molar-refractivity contribution in [1.29, 1.82) is 0 Å². The van der Waals surface area contributed by atoms with Crippen molar-refractivity contribution in [3.8, 4) is 23.0 Å². The second kappa shape index (κ2) is 8.95. The van der Waals surface area contributed by atoms with Crippen LogP contribution >= 0.6 is 0 Å². The topological polar surface area (TPSA) is 39.9 Å². The van der Waals surface area contributed by atoms with Gasteiger partial charge in [0.2, 0.25) is 6.79 Å². The first-order valence-electron chi connectivity index (χ1n) is 11.1. The summed E-state index contributed by atoms with van der Waals surface area (Å²) in [5, 5.41) is 0. The van der Waals surface area contributed by atoms with Crippen molar-refractivity contribution >= 4 is 5.71 Å². The Hall–Kier alpha value is -3.47. The van der Waals surface area contributed by atoms with Crippen LogP contribution in [0, 0.1) is 0 Å². The minimum Gasteiger partial charge on any atom is -0.493 e. The lowest BCUT2D eigenvalue weighted by molar-refractivity contribution is -0.525. The van der Waals surface area contributed by atoms with Gasteiger partial charge >= 0.3 is 0 Å². The van der Waals surface area contributed by atoms with Crippen LogP contribution in [0.1, 0.15) is 29.2 Å². The van der Waals surface area contributed by atoms with E-state index >= 15 is 0 Å². The molecule has 3 aromatic carbocycles. The quantitative estimate of drug-likeness (QED) is 0.513. The number of hydrogen-bond acceptors (Lipinski definition) is 4. The monoisotopic (exact) mass is 430 g/mol. The Morgan fingerprint density at radius 2 is 1.72 bits per heavy atom. The van der Waals surface area contributed by atoms with Crippen LogP contribution in [0.2, 0.25) is 0 Å². The lowest BCUT2D eigenvalue weighted by atomic mass is 9.92. The van der Waals surface area contributed by atoms with Gasteiger partial charge < -0.3 is 18.9 Å². The largest absolute Gasteiger partial charge is 0.493 e. The maximum atomic E-state index is 6.14. The van der Waals surface area contributed by atoms with Crippen LogP contribution in [-0.4, -0.2) is 37.3 Å². The van der Waals surface area contributed by atoms with Gasteiger partial charge in [-0.3, -0.25) is 0 Å². The first-order chi connectivity index (χ1) is 15.7. The second-order valence-electron chi connectivity index (χ2n) is 8.08. The third-order valence-electron chi connectivity index (χ3n) is 6.16. The highest BCUT2D eigenvalue weighted by Gasteiger charge is 2.29. The van der Waals surface area contributed by atoms with Gasteiger partial charge in [0, 0.05) is 12.0 Å². The summed E-state index contributed by atoms with van der Waals surface area (Å²) in [4.78, 5) is 0. The van der Waals surface area contributed by atoms with Crippen LogP contribution in [0.25, 0.3) is 0 Å². The molecule has 0 unspecified atom stereocenters. The van der Waals surface area contributed by atoms with E-state index in [4.69, 9.17) is 18.9 Å². The molecule has 0 saturated carbocycles. The highest BCUT2D eigenvalue weighted by Crippen LogP contribution is 2.37. The van der Waals surface area contributed by atoms with Crippen molar-refractivity contribution in [2.45, 2.75) is 26.4 Å². The molecule has 5 rings (SSSR count). The Bertz CT molecular complexity index is 1150. The molecule has 5 heteroatoms. The average molecular weight is 431 g/mol. The van der Waals surface area contributed by atoms with Gasteiger partial charge in [0.15, 0.2) is 28.7 Å². The summed E-state index contributed by atoms with van der Waals surface area (Å²) in [6.07, 6.45) is 1.82. The van der Waals surface area contributed by atoms with Gasteiger partial charge in [0.1, 0.15) is 19.7 Å². The minimum absolute atomic E-state index is 0.297. The molecule has 0 fully saturated rings. The predicted molar refractivity (Wildman–Crippen MR) is 124 cm³/mol. The van der Waals surface area contributed by atoms with Crippen molar-refractivity contribution in [2.75, 3.05) is 27.0 Å². The van der Waals surface area contributed by atoms with E-state index in [2.05, 4.69) is 47.9 Å². The molecule has 0 bridgehead atoms. The van der Waals surface area contributed by atoms with Crippen molar-refractivity contribution in [2.24, 2.45) is 0 Å². The Labute approximate surface area is 188 Å². The molecule has 2 heterocycles. The summed E-state index contributed by atoms with van der Waals surface area (Å²) < 4.78 is 25.4. The van der Waals surface area contributed by atoms with E-state index in [-0.39, 0.29) is 0 Å². The van der Waals surface area contributed by atoms with Gasteiger partial charge in [-0.1, -0.05) is 36.4 Å². The summed E-state index contributed by atoms with van der Waals surface area (Å²) >= 11 is 0. The normalized spacial score (nSPS) is 14.3. The lowest BCUT2D eigenvalue weighted by Crippen LogP contribution is -2.31. The predicted octanol–water partition coefficient (Wildman–Crippen LogP) is 4.62. The molecule has 0 spiro atoms. The molecule has 0 aromatic heterocycles. The smallest absolute Gasteiger partial charge is 0.231 e. The third kappa shape index (κ3) is 4.03. The summed E-state index contributed by atoms with van der Waals surface area (Å²) in [7, 11) is 1.68. The zero-order chi connectivity index (χ0) is 21.9. The molecule has 0 atom stereocenters. The SMILES string of the molecule is CC[N+]1=C(Cc2ccc(OC)c(OCc3ccccc3)c2)c2cc3c(cc2CC1)OCO3. The number of benzene rings is 3. The van der Waals surface area contributed by atoms with Crippen LogP contribution in [0.3, 0.4) is 0 Å². The fraction of sp³-hybridized carbons (Fsp3) is 0.296.